The molecule has 134 valence electrons. The van der Waals surface area contributed by atoms with E-state index in [2.05, 4.69) is 31.9 Å². The van der Waals surface area contributed by atoms with Gasteiger partial charge in [-0.25, -0.2) is 4.39 Å². The first-order chi connectivity index (χ1) is 13.0. The van der Waals surface area contributed by atoms with Gasteiger partial charge >= 0.3 is 0 Å². The summed E-state index contributed by atoms with van der Waals surface area (Å²) in [7, 11) is 0. The number of hydrogen-bond acceptors (Lipinski definition) is 2. The second-order valence-corrected chi connectivity index (χ2v) is 7.64. The predicted octanol–water partition coefficient (Wildman–Crippen LogP) is 6.21. The van der Waals surface area contributed by atoms with E-state index < -0.39 is 0 Å². The Morgan fingerprint density at radius 1 is 1.00 bits per heavy atom. The minimum atomic E-state index is -0.339. The van der Waals surface area contributed by atoms with Gasteiger partial charge in [-0.15, -0.1) is 0 Å². The molecule has 0 amide bonds. The molecule has 4 rings (SSSR count). The van der Waals surface area contributed by atoms with Crippen molar-refractivity contribution in [2.75, 3.05) is 0 Å². The summed E-state index contributed by atoms with van der Waals surface area (Å²) in [6.07, 6.45) is 1.82. The molecule has 0 spiro atoms. The van der Waals surface area contributed by atoms with E-state index in [1.165, 1.54) is 18.2 Å². The standard InChI is InChI=1S/C21H12Br2FNO2/c22-15-11-13(6-9-17(15)26)21(27)20-18(12-4-7-14(24)8-5-12)19(23)16-3-1-2-10-25(16)20/h1-11,26H. The van der Waals surface area contributed by atoms with E-state index in [4.69, 9.17) is 0 Å². The Kier molecular flexibility index (Phi) is 4.61. The number of phenolic OH excluding ortho intramolecular Hbond substituents is 1. The Hall–Kier alpha value is -2.44. The van der Waals surface area contributed by atoms with E-state index in [9.17, 15) is 14.3 Å². The van der Waals surface area contributed by atoms with Gasteiger partial charge in [-0.3, -0.25) is 4.79 Å². The van der Waals surface area contributed by atoms with Crippen molar-refractivity contribution >= 4 is 43.2 Å². The summed E-state index contributed by atoms with van der Waals surface area (Å²) in [6.45, 7) is 0. The first-order valence-electron chi connectivity index (χ1n) is 8.05. The summed E-state index contributed by atoms with van der Waals surface area (Å²) in [5, 5.41) is 9.72. The maximum absolute atomic E-state index is 13.4. The van der Waals surface area contributed by atoms with Crippen LogP contribution in [0.25, 0.3) is 16.6 Å². The highest BCUT2D eigenvalue weighted by Gasteiger charge is 2.24. The first-order valence-corrected chi connectivity index (χ1v) is 9.63. The van der Waals surface area contributed by atoms with Crippen LogP contribution in [0.3, 0.4) is 0 Å². The van der Waals surface area contributed by atoms with Gasteiger partial charge in [0.1, 0.15) is 17.3 Å². The van der Waals surface area contributed by atoms with Crippen molar-refractivity contribution < 1.29 is 14.3 Å². The molecular weight excluding hydrogens is 477 g/mol. The number of hydrogen-bond donors (Lipinski definition) is 1. The fraction of sp³-hybridized carbons (Fsp3) is 0. The third-order valence-corrected chi connectivity index (χ3v) is 5.78. The lowest BCUT2D eigenvalue weighted by Gasteiger charge is -2.08. The van der Waals surface area contributed by atoms with Crippen LogP contribution in [0.2, 0.25) is 0 Å². The van der Waals surface area contributed by atoms with Crippen LogP contribution in [0.4, 0.5) is 4.39 Å². The molecule has 2 aromatic heterocycles. The molecule has 3 nitrogen and oxygen atoms in total. The largest absolute Gasteiger partial charge is 0.507 e. The maximum atomic E-state index is 13.4. The quantitative estimate of drug-likeness (QED) is 0.348. The van der Waals surface area contributed by atoms with Crippen LogP contribution in [-0.2, 0) is 0 Å². The highest BCUT2D eigenvalue weighted by Crippen LogP contribution is 2.38. The van der Waals surface area contributed by atoms with E-state index in [0.29, 0.717) is 21.3 Å². The van der Waals surface area contributed by atoms with Gasteiger partial charge in [-0.1, -0.05) is 18.2 Å². The first kappa shape index (κ1) is 17.9. The Morgan fingerprint density at radius 3 is 2.44 bits per heavy atom. The van der Waals surface area contributed by atoms with Crippen LogP contribution >= 0.6 is 31.9 Å². The highest BCUT2D eigenvalue weighted by molar-refractivity contribution is 9.11. The van der Waals surface area contributed by atoms with Crippen LogP contribution in [0.1, 0.15) is 16.1 Å². The number of pyridine rings is 1. The van der Waals surface area contributed by atoms with Crippen molar-refractivity contribution in [1.82, 2.24) is 4.40 Å². The van der Waals surface area contributed by atoms with E-state index in [-0.39, 0.29) is 17.3 Å². The highest BCUT2D eigenvalue weighted by atomic mass is 79.9. The number of aromatic hydroxyl groups is 1. The molecule has 27 heavy (non-hydrogen) atoms. The third-order valence-electron chi connectivity index (χ3n) is 4.34. The van der Waals surface area contributed by atoms with E-state index >= 15 is 0 Å². The molecule has 0 unspecified atom stereocenters. The molecule has 0 saturated heterocycles. The molecule has 0 aliphatic carbocycles. The zero-order valence-corrected chi connectivity index (χ0v) is 17.0. The van der Waals surface area contributed by atoms with E-state index in [1.54, 1.807) is 24.3 Å². The van der Waals surface area contributed by atoms with Crippen LogP contribution < -0.4 is 0 Å². The summed E-state index contributed by atoms with van der Waals surface area (Å²) in [6, 6.07) is 16.3. The molecule has 0 aliphatic heterocycles. The lowest BCUT2D eigenvalue weighted by atomic mass is 10.00. The van der Waals surface area contributed by atoms with Crippen LogP contribution in [0.15, 0.2) is 75.8 Å². The van der Waals surface area contributed by atoms with Crippen molar-refractivity contribution in [3.63, 3.8) is 0 Å². The summed E-state index contributed by atoms with van der Waals surface area (Å²) >= 11 is 6.86. The summed E-state index contributed by atoms with van der Waals surface area (Å²) in [5.74, 6) is -0.484. The number of nitrogens with zero attached hydrogens (tertiary/aromatic N) is 1. The molecule has 0 fully saturated rings. The average molecular weight is 489 g/mol. The molecule has 0 atom stereocenters. The molecule has 0 saturated carbocycles. The lowest BCUT2D eigenvalue weighted by molar-refractivity contribution is 0.103. The van der Waals surface area contributed by atoms with Crippen molar-refractivity contribution in [2.45, 2.75) is 0 Å². The molecule has 0 aliphatic rings. The number of rotatable bonds is 3. The van der Waals surface area contributed by atoms with Gasteiger partial charge in [0.05, 0.1) is 14.5 Å². The zero-order valence-electron chi connectivity index (χ0n) is 13.8. The molecular formula is C21H12Br2FNO2. The SMILES string of the molecule is O=C(c1ccc(O)c(Br)c1)c1c(-c2ccc(F)cc2)c(Br)c2ccccn12. The Morgan fingerprint density at radius 2 is 1.74 bits per heavy atom. The van der Waals surface area contributed by atoms with Crippen molar-refractivity contribution in [1.29, 1.82) is 0 Å². The number of carbonyl (C=O) groups excluding carboxylic acids is 1. The molecule has 1 N–H and O–H groups in total. The number of carbonyl (C=O) groups is 1. The molecule has 6 heteroatoms. The summed E-state index contributed by atoms with van der Waals surface area (Å²) in [5.41, 5.74) is 3.14. The monoisotopic (exact) mass is 487 g/mol. The summed E-state index contributed by atoms with van der Waals surface area (Å²) in [4.78, 5) is 13.4. The van der Waals surface area contributed by atoms with Gasteiger partial charge in [0.2, 0.25) is 5.78 Å². The normalized spacial score (nSPS) is 11.1. The predicted molar refractivity (Wildman–Crippen MR) is 110 cm³/mol. The van der Waals surface area contributed by atoms with Gasteiger partial charge < -0.3 is 9.51 Å². The number of fused-ring (bicyclic) bond motifs is 1. The number of aromatic nitrogens is 1. The fourth-order valence-corrected chi connectivity index (χ4v) is 4.18. The molecule has 0 bridgehead atoms. The Labute approximate surface area is 171 Å². The zero-order chi connectivity index (χ0) is 19.1. The van der Waals surface area contributed by atoms with Gasteiger partial charge in [-0.2, -0.15) is 0 Å². The van der Waals surface area contributed by atoms with Crippen molar-refractivity contribution in [2.24, 2.45) is 0 Å². The maximum Gasteiger partial charge on any atom is 0.210 e. The third kappa shape index (κ3) is 3.09. The minimum absolute atomic E-state index is 0.0616. The molecule has 0 radical (unpaired) electrons. The number of phenols is 1. The minimum Gasteiger partial charge on any atom is -0.507 e. The number of benzene rings is 2. The molecule has 2 aromatic carbocycles. The van der Waals surface area contributed by atoms with Crippen molar-refractivity contribution in [3.05, 3.63) is 92.9 Å². The topological polar surface area (TPSA) is 41.7 Å². The second-order valence-electron chi connectivity index (χ2n) is 6.00. The lowest BCUT2D eigenvalue weighted by Crippen LogP contribution is -2.07. The summed E-state index contributed by atoms with van der Waals surface area (Å²) < 4.78 is 16.4. The molecule has 2 heterocycles. The Bertz CT molecular complexity index is 1180. The Balaban J connectivity index is 2.01. The van der Waals surface area contributed by atoms with Crippen molar-refractivity contribution in [3.8, 4) is 16.9 Å². The van der Waals surface area contributed by atoms with E-state index in [1.807, 2.05) is 28.8 Å². The second kappa shape index (κ2) is 6.94. The van der Waals surface area contributed by atoms with E-state index in [0.717, 1.165) is 15.6 Å². The van der Waals surface area contributed by atoms with Crippen LogP contribution in [0.5, 0.6) is 5.75 Å². The molecule has 4 aromatic rings. The number of halogens is 3. The van der Waals surface area contributed by atoms with Gasteiger partial charge in [0, 0.05) is 17.3 Å². The van der Waals surface area contributed by atoms with Crippen LogP contribution in [0, 0.1) is 5.82 Å². The van der Waals surface area contributed by atoms with Crippen LogP contribution in [-0.4, -0.2) is 15.3 Å². The fourth-order valence-electron chi connectivity index (χ4n) is 3.06. The average Bonchev–Trinajstić information content (AvgIpc) is 2.97. The smallest absolute Gasteiger partial charge is 0.210 e. The van der Waals surface area contributed by atoms with Gasteiger partial charge in [-0.05, 0) is 79.9 Å². The number of ketones is 1. The van der Waals surface area contributed by atoms with Gasteiger partial charge in [0.25, 0.3) is 0 Å². The van der Waals surface area contributed by atoms with Gasteiger partial charge in [0.15, 0.2) is 0 Å².